The summed E-state index contributed by atoms with van der Waals surface area (Å²) in [6, 6.07) is 0. The molecule has 4 rings (SSSR count). The Kier molecular flexibility index (Phi) is 9.09. The summed E-state index contributed by atoms with van der Waals surface area (Å²) >= 11 is 0. The molecule has 4 aliphatic rings. The minimum absolute atomic E-state index is 0.104. The lowest BCUT2D eigenvalue weighted by molar-refractivity contribution is -0.884. The number of aliphatic hydroxyl groups excluding tert-OH is 3. The molecular weight excluding hydrogens is 476 g/mol. The normalized spacial score (nSPS) is 43.5. The van der Waals surface area contributed by atoms with E-state index in [0.717, 1.165) is 75.4 Å². The number of rotatable bonds is 10. The summed E-state index contributed by atoms with van der Waals surface area (Å²) in [4.78, 5) is 12.6. The average molecular weight is 534 g/mol. The minimum atomic E-state index is -0.371. The summed E-state index contributed by atoms with van der Waals surface area (Å²) in [5.41, 5.74) is -0.100. The molecule has 1 amide bonds. The van der Waals surface area contributed by atoms with Crippen LogP contribution >= 0.6 is 0 Å². The molecule has 0 bridgehead atoms. The second kappa shape index (κ2) is 11.5. The van der Waals surface area contributed by atoms with Crippen molar-refractivity contribution in [3.63, 3.8) is 0 Å². The van der Waals surface area contributed by atoms with Crippen LogP contribution in [0.15, 0.2) is 12.7 Å². The van der Waals surface area contributed by atoms with Crippen molar-refractivity contribution in [3.05, 3.63) is 12.7 Å². The third-order valence-electron chi connectivity index (χ3n) is 12.2. The van der Waals surface area contributed by atoms with Gasteiger partial charge >= 0.3 is 0 Å². The number of amides is 1. The van der Waals surface area contributed by atoms with E-state index in [1.807, 2.05) is 6.08 Å². The molecule has 0 aliphatic heterocycles. The zero-order valence-corrected chi connectivity index (χ0v) is 24.9. The Morgan fingerprint density at radius 1 is 1.11 bits per heavy atom. The van der Waals surface area contributed by atoms with Gasteiger partial charge in [-0.25, -0.2) is 0 Å². The van der Waals surface area contributed by atoms with Crippen LogP contribution in [0.1, 0.15) is 85.0 Å². The first-order chi connectivity index (χ1) is 17.8. The summed E-state index contributed by atoms with van der Waals surface area (Å²) in [6.07, 6.45) is 9.68. The molecule has 0 saturated heterocycles. The third kappa shape index (κ3) is 5.62. The lowest BCUT2D eigenvalue weighted by Gasteiger charge is -2.63. The van der Waals surface area contributed by atoms with Crippen LogP contribution in [-0.4, -0.2) is 77.8 Å². The van der Waals surface area contributed by atoms with Crippen molar-refractivity contribution < 1.29 is 24.6 Å². The van der Waals surface area contributed by atoms with E-state index in [4.69, 9.17) is 0 Å². The molecule has 4 N–H and O–H groups in total. The number of fused-ring (bicyclic) bond motifs is 5. The van der Waals surface area contributed by atoms with Crippen molar-refractivity contribution in [2.75, 3.05) is 33.7 Å². The third-order valence-corrected chi connectivity index (χ3v) is 12.2. The van der Waals surface area contributed by atoms with Gasteiger partial charge in [-0.1, -0.05) is 27.4 Å². The molecule has 4 aliphatic carbocycles. The highest BCUT2D eigenvalue weighted by molar-refractivity contribution is 5.75. The molecule has 0 spiro atoms. The van der Waals surface area contributed by atoms with Gasteiger partial charge in [-0.05, 0) is 104 Å². The Morgan fingerprint density at radius 2 is 1.84 bits per heavy atom. The molecule has 0 heterocycles. The summed E-state index contributed by atoms with van der Waals surface area (Å²) in [5, 5.41) is 36.6. The number of aliphatic hydroxyl groups is 3. The van der Waals surface area contributed by atoms with Crippen LogP contribution in [0.25, 0.3) is 0 Å². The highest BCUT2D eigenvalue weighted by atomic mass is 16.3. The van der Waals surface area contributed by atoms with Crippen molar-refractivity contribution in [1.29, 1.82) is 0 Å². The van der Waals surface area contributed by atoms with Gasteiger partial charge in [-0.2, -0.15) is 0 Å². The molecule has 0 aromatic heterocycles. The highest BCUT2D eigenvalue weighted by Crippen LogP contribution is 2.68. The van der Waals surface area contributed by atoms with E-state index in [1.165, 1.54) is 0 Å². The van der Waals surface area contributed by atoms with Gasteiger partial charge < -0.3 is 25.1 Å². The zero-order valence-electron chi connectivity index (χ0n) is 24.9. The maximum Gasteiger partial charge on any atom is 0.220 e. The van der Waals surface area contributed by atoms with E-state index in [9.17, 15) is 20.1 Å². The van der Waals surface area contributed by atoms with Crippen LogP contribution in [0.2, 0.25) is 0 Å². The molecule has 11 atom stereocenters. The van der Waals surface area contributed by atoms with Crippen LogP contribution in [0.3, 0.4) is 0 Å². The molecule has 6 heteroatoms. The van der Waals surface area contributed by atoms with Crippen molar-refractivity contribution in [1.82, 2.24) is 5.32 Å². The second-order valence-electron chi connectivity index (χ2n) is 14.9. The summed E-state index contributed by atoms with van der Waals surface area (Å²) < 4.78 is 0.887. The maximum absolute atomic E-state index is 12.6. The molecular formula is C32H57N2O4+. The SMILES string of the molecule is C=CC[N+](C)(C)CCCNC(=O)CC[C@@H](C)[C@H]1CCC2C3C(O)CC4C[C@H](O)CC[C@]4(C)C3C[C@H](O)[C@@]21C. The van der Waals surface area contributed by atoms with E-state index in [0.29, 0.717) is 42.6 Å². The Labute approximate surface area is 231 Å². The molecule has 38 heavy (non-hydrogen) atoms. The summed E-state index contributed by atoms with van der Waals surface area (Å²) in [5.74, 6) is 2.11. The fourth-order valence-corrected chi connectivity index (χ4v) is 9.96. The molecule has 6 nitrogen and oxygen atoms in total. The predicted molar refractivity (Wildman–Crippen MR) is 152 cm³/mol. The minimum Gasteiger partial charge on any atom is -0.393 e. The van der Waals surface area contributed by atoms with Gasteiger partial charge in [0.25, 0.3) is 0 Å². The van der Waals surface area contributed by atoms with E-state index in [-0.39, 0.29) is 41.0 Å². The molecule has 0 aromatic carbocycles. The van der Waals surface area contributed by atoms with Gasteiger partial charge in [0.2, 0.25) is 5.91 Å². The fraction of sp³-hybridized carbons (Fsp3) is 0.906. The molecule has 5 unspecified atom stereocenters. The first-order valence-corrected chi connectivity index (χ1v) is 15.6. The molecule has 0 aromatic rings. The van der Waals surface area contributed by atoms with E-state index >= 15 is 0 Å². The number of hydrogen-bond donors (Lipinski definition) is 4. The Hall–Kier alpha value is -0.950. The molecule has 218 valence electrons. The summed E-state index contributed by atoms with van der Waals surface area (Å²) in [7, 11) is 4.38. The van der Waals surface area contributed by atoms with E-state index in [2.05, 4.69) is 46.8 Å². The number of quaternary nitrogens is 1. The average Bonchev–Trinajstić information content (AvgIpc) is 3.20. The maximum atomic E-state index is 12.6. The van der Waals surface area contributed by atoms with Crippen LogP contribution in [0, 0.1) is 46.3 Å². The quantitative estimate of drug-likeness (QED) is 0.193. The first-order valence-electron chi connectivity index (χ1n) is 15.6. The Bertz CT molecular complexity index is 847. The van der Waals surface area contributed by atoms with Gasteiger partial charge in [0.1, 0.15) is 0 Å². The number of hydrogen-bond acceptors (Lipinski definition) is 4. The number of nitrogens with one attached hydrogen (secondary N) is 1. The number of carbonyl (C=O) groups is 1. The Morgan fingerprint density at radius 3 is 2.55 bits per heavy atom. The predicted octanol–water partition coefficient (Wildman–Crippen LogP) is 4.13. The molecule has 0 radical (unpaired) electrons. The lowest BCUT2D eigenvalue weighted by Crippen LogP contribution is -2.62. The zero-order chi connectivity index (χ0) is 27.9. The standard InChI is InChI=1S/C32H56N2O4/c1-7-16-34(5,6)17-8-15-33-29(38)12-9-21(2)24-10-11-25-30-26(20-28(37)32(24,25)4)31(3)14-13-23(35)18-22(31)19-27(30)36/h7,21-28,30,35-37H,1,8-20H2,2-6H3/p+1/t21-,22?,23-,24-,25?,26?,27?,28+,30?,31+,32-/m1/s1. The largest absolute Gasteiger partial charge is 0.393 e. The lowest BCUT2D eigenvalue weighted by atomic mass is 9.43. The number of carbonyl (C=O) groups excluding carboxylic acids is 1. The van der Waals surface area contributed by atoms with Crippen molar-refractivity contribution in [2.24, 2.45) is 46.3 Å². The van der Waals surface area contributed by atoms with Crippen molar-refractivity contribution in [2.45, 2.75) is 103 Å². The second-order valence-corrected chi connectivity index (χ2v) is 14.9. The van der Waals surface area contributed by atoms with Crippen molar-refractivity contribution in [3.8, 4) is 0 Å². The van der Waals surface area contributed by atoms with Crippen molar-refractivity contribution >= 4 is 5.91 Å². The van der Waals surface area contributed by atoms with Crippen LogP contribution in [-0.2, 0) is 4.79 Å². The van der Waals surface area contributed by atoms with Gasteiger partial charge in [-0.15, -0.1) is 0 Å². The van der Waals surface area contributed by atoms with Gasteiger partial charge in [0, 0.05) is 19.4 Å². The van der Waals surface area contributed by atoms with Crippen LogP contribution in [0.5, 0.6) is 0 Å². The number of nitrogens with zero attached hydrogens (tertiary/aromatic N) is 1. The highest BCUT2D eigenvalue weighted by Gasteiger charge is 2.65. The van der Waals surface area contributed by atoms with Gasteiger partial charge in [-0.3, -0.25) is 4.79 Å². The van der Waals surface area contributed by atoms with Gasteiger partial charge in [0.15, 0.2) is 0 Å². The smallest absolute Gasteiger partial charge is 0.220 e. The fourth-order valence-electron chi connectivity index (χ4n) is 9.96. The topological polar surface area (TPSA) is 89.8 Å². The Balaban J connectivity index is 1.34. The number of likely N-dealkylation sites (N-methyl/N-ethyl adjacent to an activating group) is 1. The van der Waals surface area contributed by atoms with Gasteiger partial charge in [0.05, 0.1) is 45.5 Å². The van der Waals surface area contributed by atoms with E-state index < -0.39 is 0 Å². The molecule has 4 saturated carbocycles. The monoisotopic (exact) mass is 533 g/mol. The van der Waals surface area contributed by atoms with Crippen LogP contribution in [0.4, 0.5) is 0 Å². The van der Waals surface area contributed by atoms with E-state index in [1.54, 1.807) is 0 Å². The first kappa shape index (κ1) is 30.0. The molecule has 4 fully saturated rings. The van der Waals surface area contributed by atoms with Crippen LogP contribution < -0.4 is 5.32 Å². The summed E-state index contributed by atoms with van der Waals surface area (Å²) in [6.45, 7) is 13.4.